The monoisotopic (exact) mass is 318 g/mol. The number of aromatic nitrogens is 2. The average Bonchev–Trinajstić information content (AvgIpc) is 2.53. The van der Waals surface area contributed by atoms with Crippen molar-refractivity contribution in [2.24, 2.45) is 0 Å². The van der Waals surface area contributed by atoms with Crippen molar-refractivity contribution in [3.8, 4) is 10.6 Å². The Balaban J connectivity index is 2.52. The quantitative estimate of drug-likeness (QED) is 0.800. The van der Waals surface area contributed by atoms with E-state index >= 15 is 0 Å². The molecule has 1 heterocycles. The molecule has 0 fully saturated rings. The molecule has 0 aliphatic carbocycles. The molecule has 0 N–H and O–H groups in total. The molecule has 2 rings (SSSR count). The third-order valence-electron chi connectivity index (χ3n) is 1.50. The molecule has 13 heavy (non-hydrogen) atoms. The molecule has 0 atom stereocenters. The van der Waals surface area contributed by atoms with Crippen molar-refractivity contribution < 1.29 is 0 Å². The van der Waals surface area contributed by atoms with Crippen molar-refractivity contribution in [1.29, 1.82) is 0 Å². The fourth-order valence-electron chi connectivity index (χ4n) is 0.949. The minimum atomic E-state index is 0.804. The first-order valence-corrected chi connectivity index (χ1v) is 5.91. The highest BCUT2D eigenvalue weighted by Gasteiger charge is 2.06. The van der Waals surface area contributed by atoms with Gasteiger partial charge >= 0.3 is 0 Å². The molecule has 0 radical (unpaired) electrons. The van der Waals surface area contributed by atoms with E-state index in [4.69, 9.17) is 0 Å². The summed E-state index contributed by atoms with van der Waals surface area (Å²) >= 11 is 8.27. The molecule has 0 saturated carbocycles. The lowest BCUT2D eigenvalue weighted by molar-refractivity contribution is 1.07. The van der Waals surface area contributed by atoms with E-state index < -0.39 is 0 Å². The van der Waals surface area contributed by atoms with Crippen LogP contribution in [0, 0.1) is 0 Å². The van der Waals surface area contributed by atoms with Crippen molar-refractivity contribution in [3.63, 3.8) is 0 Å². The lowest BCUT2D eigenvalue weighted by Crippen LogP contribution is -1.77. The first kappa shape index (κ1) is 9.30. The second kappa shape index (κ2) is 3.86. The normalized spacial score (nSPS) is 10.3. The highest BCUT2D eigenvalue weighted by atomic mass is 79.9. The SMILES string of the molecule is Brc1nnc(-c2ccccc2Br)s1. The van der Waals surface area contributed by atoms with E-state index in [1.165, 1.54) is 11.3 Å². The van der Waals surface area contributed by atoms with Crippen LogP contribution < -0.4 is 0 Å². The zero-order valence-electron chi connectivity index (χ0n) is 6.37. The zero-order valence-corrected chi connectivity index (χ0v) is 10.4. The summed E-state index contributed by atoms with van der Waals surface area (Å²) in [4.78, 5) is 0. The minimum absolute atomic E-state index is 0.804. The number of hydrogen-bond donors (Lipinski definition) is 0. The maximum atomic E-state index is 4.04. The Morgan fingerprint density at radius 2 is 1.85 bits per heavy atom. The van der Waals surface area contributed by atoms with Crippen LogP contribution in [-0.2, 0) is 0 Å². The Morgan fingerprint density at radius 3 is 2.46 bits per heavy atom. The summed E-state index contributed by atoms with van der Waals surface area (Å²) in [5.74, 6) is 0. The summed E-state index contributed by atoms with van der Waals surface area (Å²) in [6.45, 7) is 0. The van der Waals surface area contributed by atoms with Crippen LogP contribution in [0.25, 0.3) is 10.6 Å². The number of benzene rings is 1. The topological polar surface area (TPSA) is 25.8 Å². The number of hydrogen-bond acceptors (Lipinski definition) is 3. The zero-order chi connectivity index (χ0) is 9.26. The molecule has 0 spiro atoms. The summed E-state index contributed by atoms with van der Waals surface area (Å²) < 4.78 is 1.84. The van der Waals surface area contributed by atoms with Crippen molar-refractivity contribution in [2.45, 2.75) is 0 Å². The summed E-state index contributed by atoms with van der Waals surface area (Å²) in [6, 6.07) is 7.96. The van der Waals surface area contributed by atoms with Gasteiger partial charge in [0.2, 0.25) is 0 Å². The molecule has 66 valence electrons. The minimum Gasteiger partial charge on any atom is -0.137 e. The maximum Gasteiger partial charge on any atom is 0.183 e. The van der Waals surface area contributed by atoms with Gasteiger partial charge in [0.25, 0.3) is 0 Å². The molecule has 0 amide bonds. The largest absolute Gasteiger partial charge is 0.183 e. The Morgan fingerprint density at radius 1 is 1.08 bits per heavy atom. The van der Waals surface area contributed by atoms with Crippen LogP contribution >= 0.6 is 43.2 Å². The highest BCUT2D eigenvalue weighted by Crippen LogP contribution is 2.31. The first-order valence-electron chi connectivity index (χ1n) is 3.51. The van der Waals surface area contributed by atoms with Crippen molar-refractivity contribution in [2.75, 3.05) is 0 Å². The van der Waals surface area contributed by atoms with Gasteiger partial charge in [0.1, 0.15) is 5.01 Å². The second-order valence-corrected chi connectivity index (χ2v) is 5.45. The third kappa shape index (κ3) is 1.98. The summed E-state index contributed by atoms with van der Waals surface area (Å²) in [7, 11) is 0. The van der Waals surface area contributed by atoms with E-state index in [-0.39, 0.29) is 0 Å². The van der Waals surface area contributed by atoms with Gasteiger partial charge in [0.15, 0.2) is 3.92 Å². The van der Waals surface area contributed by atoms with Crippen molar-refractivity contribution in [3.05, 3.63) is 32.7 Å². The van der Waals surface area contributed by atoms with Crippen LogP contribution in [0.5, 0.6) is 0 Å². The predicted octanol–water partition coefficient (Wildman–Crippen LogP) is 3.73. The van der Waals surface area contributed by atoms with Crippen molar-refractivity contribution >= 4 is 43.2 Å². The Kier molecular flexibility index (Phi) is 2.76. The summed E-state index contributed by atoms with van der Waals surface area (Å²) in [6.07, 6.45) is 0. The van der Waals surface area contributed by atoms with Crippen LogP contribution in [0.3, 0.4) is 0 Å². The van der Waals surface area contributed by atoms with Crippen LogP contribution in [0.1, 0.15) is 0 Å². The third-order valence-corrected chi connectivity index (χ3v) is 3.59. The van der Waals surface area contributed by atoms with Gasteiger partial charge < -0.3 is 0 Å². The lowest BCUT2D eigenvalue weighted by atomic mass is 10.2. The molecular weight excluding hydrogens is 316 g/mol. The fourth-order valence-corrected chi connectivity index (χ4v) is 2.70. The van der Waals surface area contributed by atoms with E-state index in [1.54, 1.807) is 0 Å². The summed E-state index contributed by atoms with van der Waals surface area (Å²) in [5.41, 5.74) is 1.07. The lowest BCUT2D eigenvalue weighted by Gasteiger charge is -1.96. The standard InChI is InChI=1S/C8H4Br2N2S/c9-6-4-2-1-3-5(6)7-11-12-8(10)13-7/h1-4H. The van der Waals surface area contributed by atoms with Crippen LogP contribution in [0.4, 0.5) is 0 Å². The van der Waals surface area contributed by atoms with E-state index in [9.17, 15) is 0 Å². The van der Waals surface area contributed by atoms with Gasteiger partial charge in [-0.15, -0.1) is 10.2 Å². The predicted molar refractivity (Wildman–Crippen MR) is 60.7 cm³/mol. The van der Waals surface area contributed by atoms with Crippen molar-refractivity contribution in [1.82, 2.24) is 10.2 Å². The van der Waals surface area contributed by atoms with Crippen LogP contribution in [0.2, 0.25) is 0 Å². The maximum absolute atomic E-state index is 4.04. The van der Waals surface area contributed by atoms with Gasteiger partial charge in [0, 0.05) is 10.0 Å². The van der Waals surface area contributed by atoms with Gasteiger partial charge in [-0.2, -0.15) is 0 Å². The van der Waals surface area contributed by atoms with Gasteiger partial charge in [-0.1, -0.05) is 45.5 Å². The Labute approximate surface area is 96.3 Å². The fraction of sp³-hybridized carbons (Fsp3) is 0. The van der Waals surface area contributed by atoms with Gasteiger partial charge in [-0.3, -0.25) is 0 Å². The Bertz CT molecular complexity index is 428. The molecule has 2 aromatic rings. The molecule has 2 nitrogen and oxygen atoms in total. The molecule has 0 saturated heterocycles. The molecule has 5 heteroatoms. The number of halogens is 2. The molecule has 0 aliphatic rings. The molecule has 1 aromatic carbocycles. The molecule has 0 aliphatic heterocycles. The van der Waals surface area contributed by atoms with Gasteiger partial charge in [0.05, 0.1) is 0 Å². The van der Waals surface area contributed by atoms with Gasteiger partial charge in [-0.25, -0.2) is 0 Å². The molecular formula is C8H4Br2N2S. The first-order chi connectivity index (χ1) is 6.27. The number of nitrogens with zero attached hydrogens (tertiary/aromatic N) is 2. The van der Waals surface area contributed by atoms with E-state index in [2.05, 4.69) is 42.1 Å². The van der Waals surface area contributed by atoms with E-state index in [1.807, 2.05) is 24.3 Å². The van der Waals surface area contributed by atoms with Gasteiger partial charge in [-0.05, 0) is 22.0 Å². The molecule has 0 unspecified atom stereocenters. The molecule has 1 aromatic heterocycles. The highest BCUT2D eigenvalue weighted by molar-refractivity contribution is 9.11. The smallest absolute Gasteiger partial charge is 0.137 e. The second-order valence-electron chi connectivity index (χ2n) is 2.34. The van der Waals surface area contributed by atoms with Crippen LogP contribution in [0.15, 0.2) is 32.7 Å². The van der Waals surface area contributed by atoms with E-state index in [0.717, 1.165) is 19.0 Å². The average molecular weight is 320 g/mol. The number of rotatable bonds is 1. The van der Waals surface area contributed by atoms with E-state index in [0.29, 0.717) is 0 Å². The summed E-state index contributed by atoms with van der Waals surface area (Å²) in [5, 5.41) is 8.85. The Hall–Kier alpha value is -0.260. The van der Waals surface area contributed by atoms with Crippen LogP contribution in [-0.4, -0.2) is 10.2 Å². The molecule has 0 bridgehead atoms.